The van der Waals surface area contributed by atoms with Gasteiger partial charge >= 0.3 is 5.97 Å². The second kappa shape index (κ2) is 10.3. The first-order valence-electron chi connectivity index (χ1n) is 6.88. The van der Waals surface area contributed by atoms with Crippen LogP contribution in [-0.2, 0) is 4.74 Å². The van der Waals surface area contributed by atoms with Gasteiger partial charge in [0.25, 0.3) is 0 Å². The van der Waals surface area contributed by atoms with Crippen molar-refractivity contribution in [3.05, 3.63) is 23.8 Å². The predicted molar refractivity (Wildman–Crippen MR) is 87.3 cm³/mol. The Morgan fingerprint density at radius 1 is 1.29 bits per heavy atom. The normalized spacial score (nSPS) is 10.1. The maximum Gasteiger partial charge on any atom is 0.338 e. The lowest BCUT2D eigenvalue weighted by atomic mass is 10.2. The van der Waals surface area contributed by atoms with Gasteiger partial charge in [0.2, 0.25) is 0 Å². The summed E-state index contributed by atoms with van der Waals surface area (Å²) in [6, 6.07) is 4.99. The van der Waals surface area contributed by atoms with E-state index in [0.29, 0.717) is 36.8 Å². The molecule has 0 aliphatic carbocycles. The summed E-state index contributed by atoms with van der Waals surface area (Å²) in [5.41, 5.74) is 6.79. The highest BCUT2D eigenvalue weighted by atomic mass is 35.5. The molecule has 0 radical (unpaired) electrons. The number of nitrogen functional groups attached to an aromatic ring is 1. The number of hydrogen-bond acceptors (Lipinski definition) is 5. The Bertz CT molecular complexity index is 439. The summed E-state index contributed by atoms with van der Waals surface area (Å²) in [5, 5.41) is 0. The summed E-state index contributed by atoms with van der Waals surface area (Å²) >= 11 is 0. The molecule has 0 aliphatic heterocycles. The molecule has 0 fully saturated rings. The topological polar surface area (TPSA) is 64.8 Å². The molecule has 6 heteroatoms. The van der Waals surface area contributed by atoms with Crippen LogP contribution in [0.2, 0.25) is 0 Å². The third kappa shape index (κ3) is 7.20. The van der Waals surface area contributed by atoms with Crippen LogP contribution in [0.25, 0.3) is 0 Å². The van der Waals surface area contributed by atoms with Crippen LogP contribution in [0.15, 0.2) is 18.2 Å². The molecule has 5 nitrogen and oxygen atoms in total. The largest absolute Gasteiger partial charge is 0.491 e. The van der Waals surface area contributed by atoms with Crippen molar-refractivity contribution >= 4 is 24.1 Å². The van der Waals surface area contributed by atoms with Gasteiger partial charge in [-0.2, -0.15) is 0 Å². The molecule has 0 spiro atoms. The minimum Gasteiger partial charge on any atom is -0.491 e. The lowest BCUT2D eigenvalue weighted by molar-refractivity contribution is 0.0482. The highest BCUT2D eigenvalue weighted by molar-refractivity contribution is 5.91. The van der Waals surface area contributed by atoms with Gasteiger partial charge in [0.1, 0.15) is 12.4 Å². The highest BCUT2D eigenvalue weighted by Crippen LogP contribution is 2.23. The highest BCUT2D eigenvalue weighted by Gasteiger charge is 2.10. The van der Waals surface area contributed by atoms with E-state index in [1.807, 2.05) is 19.0 Å². The zero-order valence-corrected chi connectivity index (χ0v) is 13.7. The van der Waals surface area contributed by atoms with Crippen molar-refractivity contribution in [3.63, 3.8) is 0 Å². The SMILES string of the molecule is CCCCOc1ccc(C(=O)OCCN(C)C)cc1N.Cl. The number of nitrogens with zero attached hydrogens (tertiary/aromatic N) is 1. The van der Waals surface area contributed by atoms with Crippen molar-refractivity contribution in [1.29, 1.82) is 0 Å². The van der Waals surface area contributed by atoms with Crippen molar-refractivity contribution in [2.75, 3.05) is 39.6 Å². The number of likely N-dealkylation sites (N-methyl/N-ethyl adjacent to an activating group) is 1. The van der Waals surface area contributed by atoms with Gasteiger partial charge < -0.3 is 20.1 Å². The molecule has 1 aromatic carbocycles. The smallest absolute Gasteiger partial charge is 0.338 e. The molecule has 0 amide bonds. The molecule has 21 heavy (non-hydrogen) atoms. The molecule has 0 bridgehead atoms. The summed E-state index contributed by atoms with van der Waals surface area (Å²) < 4.78 is 10.7. The van der Waals surface area contributed by atoms with Crippen LogP contribution in [0.4, 0.5) is 5.69 Å². The minimum absolute atomic E-state index is 0. The van der Waals surface area contributed by atoms with Crippen molar-refractivity contribution in [2.45, 2.75) is 19.8 Å². The van der Waals surface area contributed by atoms with E-state index < -0.39 is 0 Å². The molecule has 0 saturated heterocycles. The first-order valence-corrected chi connectivity index (χ1v) is 6.88. The lowest BCUT2D eigenvalue weighted by Gasteiger charge is -2.11. The Kier molecular flexibility index (Phi) is 9.58. The van der Waals surface area contributed by atoms with E-state index >= 15 is 0 Å². The number of carbonyl (C=O) groups excluding carboxylic acids is 1. The second-order valence-electron chi connectivity index (χ2n) is 4.89. The van der Waals surface area contributed by atoms with Gasteiger partial charge in [-0.1, -0.05) is 13.3 Å². The van der Waals surface area contributed by atoms with Gasteiger partial charge in [-0.3, -0.25) is 0 Å². The van der Waals surface area contributed by atoms with Crippen LogP contribution < -0.4 is 10.5 Å². The number of nitrogens with two attached hydrogens (primary N) is 1. The fourth-order valence-electron chi connectivity index (χ4n) is 1.54. The Morgan fingerprint density at radius 3 is 2.57 bits per heavy atom. The lowest BCUT2D eigenvalue weighted by Crippen LogP contribution is -2.20. The van der Waals surface area contributed by atoms with Gasteiger partial charge in [0.15, 0.2) is 0 Å². The van der Waals surface area contributed by atoms with Gasteiger partial charge in [-0.15, -0.1) is 12.4 Å². The Morgan fingerprint density at radius 2 is 2.00 bits per heavy atom. The number of hydrogen-bond donors (Lipinski definition) is 1. The summed E-state index contributed by atoms with van der Waals surface area (Å²) in [6.07, 6.45) is 2.05. The van der Waals surface area contributed by atoms with Crippen molar-refractivity contribution in [1.82, 2.24) is 4.90 Å². The van der Waals surface area contributed by atoms with Crippen molar-refractivity contribution in [2.24, 2.45) is 0 Å². The van der Waals surface area contributed by atoms with Crippen LogP contribution in [0, 0.1) is 0 Å². The summed E-state index contributed by atoms with van der Waals surface area (Å²) in [4.78, 5) is 13.8. The molecule has 1 rings (SSSR count). The van der Waals surface area contributed by atoms with Crippen LogP contribution in [0.5, 0.6) is 5.75 Å². The third-order valence-electron chi connectivity index (χ3n) is 2.77. The molecule has 0 atom stereocenters. The number of unbranched alkanes of at least 4 members (excludes halogenated alkanes) is 1. The van der Waals surface area contributed by atoms with Crippen LogP contribution >= 0.6 is 12.4 Å². The van der Waals surface area contributed by atoms with E-state index in [4.69, 9.17) is 15.2 Å². The van der Waals surface area contributed by atoms with Gasteiger partial charge in [0.05, 0.1) is 17.9 Å². The van der Waals surface area contributed by atoms with E-state index in [-0.39, 0.29) is 18.4 Å². The van der Waals surface area contributed by atoms with Crippen molar-refractivity contribution in [3.8, 4) is 5.75 Å². The van der Waals surface area contributed by atoms with Gasteiger partial charge in [-0.25, -0.2) is 4.79 Å². The standard InChI is InChI=1S/C15H24N2O3.ClH/c1-4-5-9-19-14-7-6-12(11-13(14)16)15(18)20-10-8-17(2)3;/h6-7,11H,4-5,8-10,16H2,1-3H3;1H. The number of halogens is 1. The molecular weight excluding hydrogens is 292 g/mol. The van der Waals surface area contributed by atoms with E-state index in [2.05, 4.69) is 6.92 Å². The maximum atomic E-state index is 11.8. The summed E-state index contributed by atoms with van der Waals surface area (Å²) in [5.74, 6) is 0.252. The number of esters is 1. The first kappa shape index (κ1) is 19.5. The van der Waals surface area contributed by atoms with E-state index in [9.17, 15) is 4.79 Å². The van der Waals surface area contributed by atoms with E-state index in [0.717, 1.165) is 12.8 Å². The number of ether oxygens (including phenoxy) is 2. The minimum atomic E-state index is -0.362. The zero-order chi connectivity index (χ0) is 15.0. The Hall–Kier alpha value is -1.46. The van der Waals surface area contributed by atoms with E-state index in [1.54, 1.807) is 18.2 Å². The molecule has 0 heterocycles. The first-order chi connectivity index (χ1) is 9.54. The van der Waals surface area contributed by atoms with E-state index in [1.165, 1.54) is 0 Å². The molecule has 2 N–H and O–H groups in total. The summed E-state index contributed by atoms with van der Waals surface area (Å²) in [6.45, 7) is 3.78. The van der Waals surface area contributed by atoms with Crippen LogP contribution in [0.3, 0.4) is 0 Å². The number of carbonyl (C=O) groups is 1. The number of anilines is 1. The number of benzene rings is 1. The zero-order valence-electron chi connectivity index (χ0n) is 12.9. The molecule has 0 saturated carbocycles. The maximum absolute atomic E-state index is 11.8. The average molecular weight is 317 g/mol. The molecule has 1 aromatic rings. The fourth-order valence-corrected chi connectivity index (χ4v) is 1.54. The molecule has 0 unspecified atom stereocenters. The predicted octanol–water partition coefficient (Wildman–Crippen LogP) is 2.59. The monoisotopic (exact) mass is 316 g/mol. The molecule has 0 aliphatic rings. The third-order valence-corrected chi connectivity index (χ3v) is 2.77. The van der Waals surface area contributed by atoms with Crippen LogP contribution in [0.1, 0.15) is 30.1 Å². The Balaban J connectivity index is 0.00000400. The Labute approximate surface area is 132 Å². The van der Waals surface area contributed by atoms with Crippen molar-refractivity contribution < 1.29 is 14.3 Å². The molecular formula is C15H25ClN2O3. The van der Waals surface area contributed by atoms with Crippen LogP contribution in [-0.4, -0.2) is 44.7 Å². The van der Waals surface area contributed by atoms with Gasteiger partial charge in [-0.05, 0) is 38.7 Å². The molecule has 120 valence electrons. The molecule has 0 aromatic heterocycles. The summed E-state index contributed by atoms with van der Waals surface area (Å²) in [7, 11) is 3.85. The number of rotatable bonds is 8. The van der Waals surface area contributed by atoms with Gasteiger partial charge in [0, 0.05) is 6.54 Å². The average Bonchev–Trinajstić information content (AvgIpc) is 2.40. The fraction of sp³-hybridized carbons (Fsp3) is 0.533. The quantitative estimate of drug-likeness (QED) is 0.453. The second-order valence-corrected chi connectivity index (χ2v) is 4.89.